The molecule has 54 valence electrons. The predicted molar refractivity (Wildman–Crippen MR) is 37.3 cm³/mol. The zero-order chi connectivity index (χ0) is 7.56. The Bertz CT molecular complexity index is 251. The molecule has 0 aliphatic heterocycles. The minimum Gasteiger partial charge on any atom is -0.411 e. The molecule has 0 aromatic carbocycles. The van der Waals surface area contributed by atoms with E-state index in [1.165, 1.54) is 6.21 Å². The van der Waals surface area contributed by atoms with E-state index in [0.29, 0.717) is 5.82 Å². The van der Waals surface area contributed by atoms with E-state index in [9.17, 15) is 0 Å². The first-order valence-corrected chi connectivity index (χ1v) is 2.91. The van der Waals surface area contributed by atoms with Crippen molar-refractivity contribution in [1.82, 2.24) is 9.55 Å². The van der Waals surface area contributed by atoms with Gasteiger partial charge in [0.25, 0.3) is 0 Å². The fraction of sp³-hybridized carbons (Fsp3) is 0.333. The van der Waals surface area contributed by atoms with Crippen molar-refractivity contribution >= 4 is 6.21 Å². The lowest BCUT2D eigenvalue weighted by Gasteiger charge is -1.88. The lowest BCUT2D eigenvalue weighted by molar-refractivity contribution is 0.321. The van der Waals surface area contributed by atoms with Crippen LogP contribution in [0.1, 0.15) is 11.5 Å². The van der Waals surface area contributed by atoms with Crippen molar-refractivity contribution in [3.8, 4) is 0 Å². The summed E-state index contributed by atoms with van der Waals surface area (Å²) in [7, 11) is 1.84. The molecule has 0 radical (unpaired) electrons. The van der Waals surface area contributed by atoms with Gasteiger partial charge in [0.2, 0.25) is 0 Å². The predicted octanol–water partition coefficient (Wildman–Crippen LogP) is 0.537. The van der Waals surface area contributed by atoms with Crippen molar-refractivity contribution in [2.24, 2.45) is 12.2 Å². The van der Waals surface area contributed by atoms with E-state index in [1.54, 1.807) is 4.57 Å². The van der Waals surface area contributed by atoms with E-state index in [-0.39, 0.29) is 0 Å². The number of aromatic nitrogens is 2. The van der Waals surface area contributed by atoms with E-state index < -0.39 is 0 Å². The van der Waals surface area contributed by atoms with E-state index in [1.807, 2.05) is 20.2 Å². The largest absolute Gasteiger partial charge is 0.411 e. The van der Waals surface area contributed by atoms with Crippen molar-refractivity contribution in [2.45, 2.75) is 6.92 Å². The van der Waals surface area contributed by atoms with Crippen LogP contribution in [0.3, 0.4) is 0 Å². The molecule has 4 heteroatoms. The van der Waals surface area contributed by atoms with Gasteiger partial charge >= 0.3 is 0 Å². The van der Waals surface area contributed by atoms with Gasteiger partial charge in [-0.15, -0.1) is 0 Å². The Hall–Kier alpha value is -1.32. The SMILES string of the molecule is Cc1cn(C)c(C=NO)n1. The average molecular weight is 139 g/mol. The van der Waals surface area contributed by atoms with Crippen molar-refractivity contribution in [3.63, 3.8) is 0 Å². The van der Waals surface area contributed by atoms with Crippen LogP contribution in [0.15, 0.2) is 11.4 Å². The number of oxime groups is 1. The van der Waals surface area contributed by atoms with Gasteiger partial charge in [-0.25, -0.2) is 4.98 Å². The monoisotopic (exact) mass is 139 g/mol. The van der Waals surface area contributed by atoms with Crippen molar-refractivity contribution in [3.05, 3.63) is 17.7 Å². The second-order valence-corrected chi connectivity index (χ2v) is 2.10. The highest BCUT2D eigenvalue weighted by Gasteiger charge is 1.96. The molecule has 1 aromatic heterocycles. The summed E-state index contributed by atoms with van der Waals surface area (Å²) in [5.41, 5.74) is 0.914. The second kappa shape index (κ2) is 2.51. The zero-order valence-electron chi connectivity index (χ0n) is 5.94. The molecule has 4 nitrogen and oxygen atoms in total. The van der Waals surface area contributed by atoms with Gasteiger partial charge in [0.1, 0.15) is 6.21 Å². The molecule has 0 unspecified atom stereocenters. The summed E-state index contributed by atoms with van der Waals surface area (Å²) in [5, 5.41) is 11.0. The van der Waals surface area contributed by atoms with Crippen molar-refractivity contribution in [2.75, 3.05) is 0 Å². The average Bonchev–Trinajstić information content (AvgIpc) is 2.13. The molecule has 0 amide bonds. The van der Waals surface area contributed by atoms with Gasteiger partial charge in [-0.05, 0) is 6.92 Å². The smallest absolute Gasteiger partial charge is 0.154 e. The third-order valence-electron chi connectivity index (χ3n) is 1.21. The highest BCUT2D eigenvalue weighted by molar-refractivity contribution is 5.74. The van der Waals surface area contributed by atoms with E-state index in [4.69, 9.17) is 5.21 Å². The number of aryl methyl sites for hydroxylation is 2. The van der Waals surface area contributed by atoms with Gasteiger partial charge in [0, 0.05) is 13.2 Å². The Morgan fingerprint density at radius 1 is 1.80 bits per heavy atom. The van der Waals surface area contributed by atoms with Gasteiger partial charge in [-0.3, -0.25) is 0 Å². The summed E-state index contributed by atoms with van der Waals surface area (Å²) >= 11 is 0. The van der Waals surface area contributed by atoms with Crippen LogP contribution in [-0.4, -0.2) is 21.0 Å². The normalized spacial score (nSPS) is 11.0. The quantitative estimate of drug-likeness (QED) is 0.350. The Morgan fingerprint density at radius 2 is 2.50 bits per heavy atom. The molecular formula is C6H9N3O. The molecule has 0 spiro atoms. The van der Waals surface area contributed by atoms with Crippen LogP contribution in [0.2, 0.25) is 0 Å². The molecule has 1 heterocycles. The maximum atomic E-state index is 8.17. The van der Waals surface area contributed by atoms with Gasteiger partial charge in [-0.1, -0.05) is 5.16 Å². The Morgan fingerprint density at radius 3 is 2.90 bits per heavy atom. The van der Waals surface area contributed by atoms with E-state index >= 15 is 0 Å². The van der Waals surface area contributed by atoms with Gasteiger partial charge in [0.15, 0.2) is 5.82 Å². The molecule has 10 heavy (non-hydrogen) atoms. The summed E-state index contributed by atoms with van der Waals surface area (Å²) in [6.07, 6.45) is 3.16. The maximum absolute atomic E-state index is 8.17. The molecule has 0 aliphatic carbocycles. The molecule has 0 saturated carbocycles. The third kappa shape index (κ3) is 1.15. The standard InChI is InChI=1S/C6H9N3O/c1-5-4-9(2)6(8-5)3-7-10/h3-4,10H,1-2H3. The summed E-state index contributed by atoms with van der Waals surface area (Å²) < 4.78 is 1.79. The summed E-state index contributed by atoms with van der Waals surface area (Å²) in [4.78, 5) is 4.05. The van der Waals surface area contributed by atoms with Gasteiger partial charge in [-0.2, -0.15) is 0 Å². The van der Waals surface area contributed by atoms with E-state index in [0.717, 1.165) is 5.69 Å². The Balaban J connectivity index is 3.03. The molecule has 1 aromatic rings. The molecule has 1 rings (SSSR count). The minimum absolute atomic E-state index is 0.653. The van der Waals surface area contributed by atoms with Crippen molar-refractivity contribution in [1.29, 1.82) is 0 Å². The maximum Gasteiger partial charge on any atom is 0.154 e. The van der Waals surface area contributed by atoms with Crippen LogP contribution in [-0.2, 0) is 7.05 Å². The van der Waals surface area contributed by atoms with Crippen LogP contribution in [0.5, 0.6) is 0 Å². The van der Waals surface area contributed by atoms with Crippen LogP contribution >= 0.6 is 0 Å². The molecule has 0 fully saturated rings. The first-order chi connectivity index (χ1) is 4.74. The number of hydrogen-bond acceptors (Lipinski definition) is 3. The van der Waals surface area contributed by atoms with E-state index in [2.05, 4.69) is 10.1 Å². The van der Waals surface area contributed by atoms with Crippen molar-refractivity contribution < 1.29 is 5.21 Å². The first-order valence-electron chi connectivity index (χ1n) is 2.91. The van der Waals surface area contributed by atoms with Crippen LogP contribution in [0.4, 0.5) is 0 Å². The number of hydrogen-bond donors (Lipinski definition) is 1. The third-order valence-corrected chi connectivity index (χ3v) is 1.21. The van der Waals surface area contributed by atoms with Crippen LogP contribution < -0.4 is 0 Å². The fourth-order valence-corrected chi connectivity index (χ4v) is 0.806. The molecule has 0 aliphatic rings. The van der Waals surface area contributed by atoms with Crippen LogP contribution in [0, 0.1) is 6.92 Å². The Labute approximate surface area is 58.8 Å². The summed E-state index contributed by atoms with van der Waals surface area (Å²) in [6.45, 7) is 1.88. The van der Waals surface area contributed by atoms with Crippen LogP contribution in [0.25, 0.3) is 0 Å². The van der Waals surface area contributed by atoms with Gasteiger partial charge in [0.05, 0.1) is 5.69 Å². The van der Waals surface area contributed by atoms with Gasteiger partial charge < -0.3 is 9.77 Å². The highest BCUT2D eigenvalue weighted by Crippen LogP contribution is 1.95. The second-order valence-electron chi connectivity index (χ2n) is 2.10. The zero-order valence-corrected chi connectivity index (χ0v) is 5.94. The number of imidazole rings is 1. The summed E-state index contributed by atoms with van der Waals surface area (Å²) in [6, 6.07) is 0. The topological polar surface area (TPSA) is 50.4 Å². The summed E-state index contributed by atoms with van der Waals surface area (Å²) in [5.74, 6) is 0.653. The lowest BCUT2D eigenvalue weighted by atomic mass is 10.6. The number of nitrogens with zero attached hydrogens (tertiary/aromatic N) is 3. The number of rotatable bonds is 1. The highest BCUT2D eigenvalue weighted by atomic mass is 16.4. The molecule has 0 atom stereocenters. The Kier molecular flexibility index (Phi) is 1.71. The lowest BCUT2D eigenvalue weighted by Crippen LogP contribution is -1.94. The molecule has 1 N–H and O–H groups in total. The molecular weight excluding hydrogens is 130 g/mol. The molecule has 0 bridgehead atoms. The first kappa shape index (κ1) is 6.80. The minimum atomic E-state index is 0.653. The fourth-order valence-electron chi connectivity index (χ4n) is 0.806. The molecule has 0 saturated heterocycles.